The van der Waals surface area contributed by atoms with Crippen LogP contribution in [0.2, 0.25) is 0 Å². The molecule has 0 atom stereocenters. The van der Waals surface area contributed by atoms with Crippen molar-refractivity contribution >= 4 is 33.0 Å². The molecule has 0 saturated carbocycles. The van der Waals surface area contributed by atoms with Gasteiger partial charge in [-0.25, -0.2) is 8.42 Å². The molecule has 226 valence electrons. The molecule has 7 nitrogen and oxygen atoms in total. The molecule has 8 heteroatoms. The van der Waals surface area contributed by atoms with Crippen molar-refractivity contribution in [1.29, 1.82) is 0 Å². The molecule has 0 radical (unpaired) electrons. The Hall–Kier alpha value is -4.40. The highest BCUT2D eigenvalue weighted by Crippen LogP contribution is 2.42. The molecule has 5 aromatic rings. The standard InChI is InChI=1S/C36H36N2O5S/c1-2-3-10-21-37-31-24-29(27-13-6-4-7-14-27)17-19-33(31)42-35(37)26-36-38(22-11-12-23-44(39,40)41)32-25-30(18-20-34(32)43-36)28-15-8-5-9-16-28/h4-9,13-20,24-26H,2-3,10-12,21-23H2,1H3. The number of hydrogen-bond donors (Lipinski definition) is 0. The highest BCUT2D eigenvalue weighted by molar-refractivity contribution is 7.85. The van der Waals surface area contributed by atoms with Gasteiger partial charge >= 0.3 is 5.89 Å². The van der Waals surface area contributed by atoms with Crippen LogP contribution in [0.25, 0.3) is 39.4 Å². The maximum Gasteiger partial charge on any atom is 0.379 e. The molecule has 1 aromatic heterocycles. The first-order valence-corrected chi connectivity index (χ1v) is 16.8. The number of benzene rings is 4. The molecule has 1 aliphatic heterocycles. The van der Waals surface area contributed by atoms with Crippen LogP contribution in [0.3, 0.4) is 0 Å². The first-order chi connectivity index (χ1) is 21.4. The lowest BCUT2D eigenvalue weighted by atomic mass is 10.0. The maximum absolute atomic E-state index is 11.3. The monoisotopic (exact) mass is 608 g/mol. The zero-order valence-corrected chi connectivity index (χ0v) is 25.6. The average Bonchev–Trinajstić information content (AvgIpc) is 3.56. The molecule has 0 amide bonds. The van der Waals surface area contributed by atoms with Crippen LogP contribution < -0.4 is 14.2 Å². The topological polar surface area (TPSA) is 86.7 Å². The molecule has 0 aliphatic carbocycles. The SMILES string of the molecule is CCCCC[n+]1c(C=C2Oc3ccc(-c4ccccc4)cc3N2CCCCS(=O)(=O)[O-])oc2ccc(-c3ccccc3)cc21. The van der Waals surface area contributed by atoms with E-state index in [2.05, 4.69) is 58.9 Å². The third-order valence-electron chi connectivity index (χ3n) is 7.93. The molecular weight excluding hydrogens is 572 g/mol. The summed E-state index contributed by atoms with van der Waals surface area (Å²) in [6.07, 6.45) is 5.93. The first kappa shape index (κ1) is 29.7. The Balaban J connectivity index is 1.39. The smallest absolute Gasteiger partial charge is 0.379 e. The van der Waals surface area contributed by atoms with E-state index in [1.807, 2.05) is 60.7 Å². The Morgan fingerprint density at radius 1 is 0.795 bits per heavy atom. The lowest BCUT2D eigenvalue weighted by molar-refractivity contribution is -0.678. The van der Waals surface area contributed by atoms with Crippen LogP contribution in [0.5, 0.6) is 5.75 Å². The summed E-state index contributed by atoms with van der Waals surface area (Å²) in [6, 6.07) is 32.8. The second-order valence-corrected chi connectivity index (χ2v) is 12.6. The van der Waals surface area contributed by atoms with Gasteiger partial charge in [-0.15, -0.1) is 0 Å². The summed E-state index contributed by atoms with van der Waals surface area (Å²) >= 11 is 0. The number of oxazole rings is 1. The van der Waals surface area contributed by atoms with Crippen LogP contribution in [-0.2, 0) is 16.7 Å². The van der Waals surface area contributed by atoms with Gasteiger partial charge in [-0.3, -0.25) is 0 Å². The van der Waals surface area contributed by atoms with Gasteiger partial charge in [-0.1, -0.05) is 86.1 Å². The van der Waals surface area contributed by atoms with Gasteiger partial charge < -0.3 is 18.6 Å². The molecule has 0 N–H and O–H groups in total. The van der Waals surface area contributed by atoms with Crippen molar-refractivity contribution in [3.05, 3.63) is 109 Å². The summed E-state index contributed by atoms with van der Waals surface area (Å²) in [5, 5.41) is 0. The summed E-state index contributed by atoms with van der Waals surface area (Å²) in [7, 11) is -4.27. The lowest BCUT2D eigenvalue weighted by Crippen LogP contribution is -2.36. The van der Waals surface area contributed by atoms with E-state index in [1.54, 1.807) is 0 Å². The maximum atomic E-state index is 11.3. The summed E-state index contributed by atoms with van der Waals surface area (Å²) in [5.74, 6) is 1.61. The third kappa shape index (κ3) is 6.72. The molecule has 6 rings (SSSR count). The molecule has 4 aromatic carbocycles. The fourth-order valence-corrected chi connectivity index (χ4v) is 6.23. The van der Waals surface area contributed by atoms with E-state index in [0.29, 0.717) is 30.5 Å². The fraction of sp³-hybridized carbons (Fsp3) is 0.250. The van der Waals surface area contributed by atoms with Crippen LogP contribution in [0.15, 0.2) is 107 Å². The van der Waals surface area contributed by atoms with Crippen LogP contribution in [-0.4, -0.2) is 25.3 Å². The Morgan fingerprint density at radius 2 is 1.48 bits per heavy atom. The van der Waals surface area contributed by atoms with Crippen molar-refractivity contribution < 1.29 is 26.7 Å². The van der Waals surface area contributed by atoms with E-state index in [-0.39, 0.29) is 12.2 Å². The highest BCUT2D eigenvalue weighted by Gasteiger charge is 2.30. The molecule has 0 unspecified atom stereocenters. The third-order valence-corrected chi connectivity index (χ3v) is 8.72. The predicted molar refractivity (Wildman–Crippen MR) is 173 cm³/mol. The van der Waals surface area contributed by atoms with E-state index >= 15 is 0 Å². The van der Waals surface area contributed by atoms with Gasteiger partial charge in [0.05, 0.1) is 15.8 Å². The normalized spacial score (nSPS) is 13.9. The van der Waals surface area contributed by atoms with E-state index in [9.17, 15) is 13.0 Å². The number of hydrogen-bond acceptors (Lipinski definition) is 6. The molecule has 0 spiro atoms. The minimum absolute atomic E-state index is 0.271. The van der Waals surface area contributed by atoms with Crippen molar-refractivity contribution in [2.45, 2.75) is 45.6 Å². The second kappa shape index (κ2) is 13.1. The van der Waals surface area contributed by atoms with Gasteiger partial charge in [-0.2, -0.15) is 4.57 Å². The summed E-state index contributed by atoms with van der Waals surface area (Å²) in [5.41, 5.74) is 7.10. The Labute approximate surface area is 258 Å². The Kier molecular flexibility index (Phi) is 8.82. The number of unbranched alkanes of at least 4 members (excludes halogenated alkanes) is 3. The number of rotatable bonds is 12. The zero-order chi connectivity index (χ0) is 30.5. The Bertz CT molecular complexity index is 1880. The predicted octanol–water partition coefficient (Wildman–Crippen LogP) is 7.77. The fourth-order valence-electron chi connectivity index (χ4n) is 5.67. The van der Waals surface area contributed by atoms with Crippen molar-refractivity contribution in [2.75, 3.05) is 17.2 Å². The highest BCUT2D eigenvalue weighted by atomic mass is 32.2. The van der Waals surface area contributed by atoms with E-state index in [1.165, 1.54) is 0 Å². The minimum Gasteiger partial charge on any atom is -0.748 e. The molecule has 2 heterocycles. The number of fused-ring (bicyclic) bond motifs is 2. The molecule has 0 saturated heterocycles. The van der Waals surface area contributed by atoms with Gasteiger partial charge in [0.15, 0.2) is 12.3 Å². The van der Waals surface area contributed by atoms with Crippen molar-refractivity contribution in [2.24, 2.45) is 0 Å². The number of aromatic nitrogens is 1. The van der Waals surface area contributed by atoms with Crippen molar-refractivity contribution in [1.82, 2.24) is 0 Å². The second-order valence-electron chi connectivity index (χ2n) is 11.1. The number of aryl methyl sites for hydroxylation is 1. The van der Waals surface area contributed by atoms with Crippen molar-refractivity contribution in [3.8, 4) is 28.0 Å². The molecule has 44 heavy (non-hydrogen) atoms. The lowest BCUT2D eigenvalue weighted by Gasteiger charge is -2.18. The largest absolute Gasteiger partial charge is 0.748 e. The average molecular weight is 609 g/mol. The zero-order valence-electron chi connectivity index (χ0n) is 24.8. The van der Waals surface area contributed by atoms with Crippen molar-refractivity contribution in [3.63, 3.8) is 0 Å². The van der Waals surface area contributed by atoms with E-state index in [0.717, 1.165) is 64.8 Å². The van der Waals surface area contributed by atoms with Crippen LogP contribution in [0, 0.1) is 0 Å². The molecular formula is C36H36N2O5S. The number of ether oxygens (including phenoxy) is 1. The minimum atomic E-state index is -4.27. The summed E-state index contributed by atoms with van der Waals surface area (Å²) in [4.78, 5) is 2.05. The van der Waals surface area contributed by atoms with Crippen LogP contribution >= 0.6 is 0 Å². The van der Waals surface area contributed by atoms with Crippen LogP contribution in [0.4, 0.5) is 5.69 Å². The molecule has 0 bridgehead atoms. The van der Waals surface area contributed by atoms with Gasteiger partial charge in [0.1, 0.15) is 6.08 Å². The molecule has 0 fully saturated rings. The molecule has 1 aliphatic rings. The first-order valence-electron chi connectivity index (χ1n) is 15.2. The Morgan fingerprint density at radius 3 is 2.16 bits per heavy atom. The van der Waals surface area contributed by atoms with Crippen LogP contribution in [0.1, 0.15) is 44.9 Å². The van der Waals surface area contributed by atoms with Gasteiger partial charge in [-0.05, 0) is 59.7 Å². The summed E-state index contributed by atoms with van der Waals surface area (Å²) < 4.78 is 48.9. The van der Waals surface area contributed by atoms with Gasteiger partial charge in [0, 0.05) is 24.8 Å². The van der Waals surface area contributed by atoms with E-state index < -0.39 is 10.1 Å². The summed E-state index contributed by atoms with van der Waals surface area (Å²) in [6.45, 7) is 3.48. The van der Waals surface area contributed by atoms with Gasteiger partial charge in [0.2, 0.25) is 11.5 Å². The quantitative estimate of drug-likeness (QED) is 0.0817. The van der Waals surface area contributed by atoms with Gasteiger partial charge in [0.25, 0.3) is 5.52 Å². The number of anilines is 1. The number of nitrogens with zero attached hydrogens (tertiary/aromatic N) is 2. The van der Waals surface area contributed by atoms with E-state index in [4.69, 9.17) is 9.15 Å².